The quantitative estimate of drug-likeness (QED) is 0.108. The number of rotatable bonds is 13. The third kappa shape index (κ3) is 8.07. The van der Waals surface area contributed by atoms with Crippen LogP contribution in [0.1, 0.15) is 72.1 Å². The number of carbonyl (C=O) groups excluding carboxylic acids is 5. The molecule has 2 aliphatic carbocycles. The predicted molar refractivity (Wildman–Crippen MR) is 163 cm³/mol. The Bertz CT molecular complexity index is 1070. The van der Waals surface area contributed by atoms with Crippen LogP contribution in [0.25, 0.3) is 0 Å². The van der Waals surface area contributed by atoms with Crippen LogP contribution < -0.4 is 21.3 Å². The van der Waals surface area contributed by atoms with Crippen LogP contribution >= 0.6 is 23.2 Å². The van der Waals surface area contributed by atoms with E-state index in [1.807, 2.05) is 20.8 Å². The number of amides is 5. The SMILES string of the molecule is C=CCCNC(=O)C(=O)C(CCC=C)NC(=O)[C@@H]1[C@H]2[C@@H](CN1C(=O)C(NC(=O)NC1CCCCC1)C(C)(C)C)C2(Cl)Cl. The van der Waals surface area contributed by atoms with E-state index in [0.29, 0.717) is 12.8 Å². The Morgan fingerprint density at radius 3 is 2.24 bits per heavy atom. The monoisotopic (exact) mass is 625 g/mol. The van der Waals surface area contributed by atoms with Crippen LogP contribution in [0.3, 0.4) is 0 Å². The molecule has 0 radical (unpaired) electrons. The van der Waals surface area contributed by atoms with Crippen molar-refractivity contribution in [3.8, 4) is 0 Å². The summed E-state index contributed by atoms with van der Waals surface area (Å²) in [6.45, 7) is 13.1. The molecular weight excluding hydrogens is 581 g/mol. The van der Waals surface area contributed by atoms with E-state index < -0.39 is 63.3 Å². The van der Waals surface area contributed by atoms with Crippen molar-refractivity contribution in [3.05, 3.63) is 25.3 Å². The standard InChI is InChI=1S/C30H45Cl2N5O5/c1-6-8-15-20(23(38)26(40)33-16-9-7-2)35-25(39)22-21-19(30(21,31)32)17-37(22)27(41)24(29(3,4)5)36-28(42)34-18-13-11-10-12-14-18/h6-7,18-22,24H,1-2,8-17H2,3-5H3,(H,33,40)(H,35,39)(H2,34,36,42)/t19-,20?,21-,22+,24?/m1/s1. The number of carbonyl (C=O) groups is 5. The molecule has 3 fully saturated rings. The number of allylic oxidation sites excluding steroid dienone is 1. The lowest BCUT2D eigenvalue weighted by molar-refractivity contribution is -0.144. The lowest BCUT2D eigenvalue weighted by Gasteiger charge is -2.37. The van der Waals surface area contributed by atoms with Crippen LogP contribution in [0, 0.1) is 17.3 Å². The first-order valence-electron chi connectivity index (χ1n) is 14.8. The van der Waals surface area contributed by atoms with Gasteiger partial charge in [-0.2, -0.15) is 0 Å². The fraction of sp³-hybridized carbons (Fsp3) is 0.700. The van der Waals surface area contributed by atoms with Crippen LogP contribution in [0.2, 0.25) is 0 Å². The maximum atomic E-state index is 14.0. The summed E-state index contributed by atoms with van der Waals surface area (Å²) in [5.41, 5.74) is -0.681. The van der Waals surface area contributed by atoms with Gasteiger partial charge in [-0.25, -0.2) is 4.79 Å². The number of fused-ring (bicyclic) bond motifs is 1. The van der Waals surface area contributed by atoms with Crippen molar-refractivity contribution >= 4 is 52.7 Å². The van der Waals surface area contributed by atoms with E-state index in [4.69, 9.17) is 23.2 Å². The van der Waals surface area contributed by atoms with Gasteiger partial charge >= 0.3 is 6.03 Å². The largest absolute Gasteiger partial charge is 0.349 e. The van der Waals surface area contributed by atoms with Crippen LogP contribution in [0.4, 0.5) is 4.79 Å². The van der Waals surface area contributed by atoms with Gasteiger partial charge in [0.25, 0.3) is 5.91 Å². The lowest BCUT2D eigenvalue weighted by Crippen LogP contribution is -2.62. The van der Waals surface area contributed by atoms with Crippen molar-refractivity contribution in [2.24, 2.45) is 17.3 Å². The summed E-state index contributed by atoms with van der Waals surface area (Å²) in [4.78, 5) is 67.6. The first-order chi connectivity index (χ1) is 19.7. The highest BCUT2D eigenvalue weighted by molar-refractivity contribution is 6.51. The fourth-order valence-corrected chi connectivity index (χ4v) is 6.72. The molecule has 42 heavy (non-hydrogen) atoms. The fourth-order valence-electron chi connectivity index (χ4n) is 5.90. The number of piperidine rings is 1. The van der Waals surface area contributed by atoms with Crippen LogP contribution in [-0.4, -0.2) is 76.0 Å². The third-order valence-corrected chi connectivity index (χ3v) is 9.43. The van der Waals surface area contributed by atoms with Gasteiger partial charge in [0.2, 0.25) is 17.6 Å². The molecule has 1 heterocycles. The first-order valence-corrected chi connectivity index (χ1v) is 15.6. The molecule has 2 unspecified atom stereocenters. The average Bonchev–Trinajstić information content (AvgIpc) is 3.24. The number of nitrogens with one attached hydrogen (secondary N) is 4. The summed E-state index contributed by atoms with van der Waals surface area (Å²) in [5.74, 6) is -3.58. The normalized spacial score (nSPS) is 24.4. The molecule has 0 bridgehead atoms. The molecule has 10 nitrogen and oxygen atoms in total. The molecule has 2 saturated carbocycles. The van der Waals surface area contributed by atoms with E-state index in [1.165, 1.54) is 4.90 Å². The Hall–Kier alpha value is -2.59. The van der Waals surface area contributed by atoms with Crippen molar-refractivity contribution in [1.29, 1.82) is 0 Å². The van der Waals surface area contributed by atoms with E-state index in [2.05, 4.69) is 34.4 Å². The molecule has 0 aromatic rings. The number of Topliss-reactive ketones (excluding diaryl/α,β-unsaturated/α-hetero) is 1. The Balaban J connectivity index is 1.78. The third-order valence-electron chi connectivity index (χ3n) is 8.36. The summed E-state index contributed by atoms with van der Waals surface area (Å²) in [7, 11) is 0. The molecule has 4 N–H and O–H groups in total. The molecule has 1 saturated heterocycles. The van der Waals surface area contributed by atoms with E-state index >= 15 is 0 Å². The first kappa shape index (κ1) is 33.9. The van der Waals surface area contributed by atoms with Gasteiger partial charge in [0, 0.05) is 31.0 Å². The molecule has 12 heteroatoms. The Kier molecular flexibility index (Phi) is 11.5. The molecule has 5 amide bonds. The van der Waals surface area contributed by atoms with E-state index in [-0.39, 0.29) is 31.5 Å². The minimum atomic E-state index is -1.20. The minimum Gasteiger partial charge on any atom is -0.349 e. The van der Waals surface area contributed by atoms with E-state index in [1.54, 1.807) is 12.2 Å². The Morgan fingerprint density at radius 2 is 1.64 bits per heavy atom. The summed E-state index contributed by atoms with van der Waals surface area (Å²) in [6.07, 6.45) is 9.24. The number of alkyl halides is 2. The van der Waals surface area contributed by atoms with Gasteiger partial charge < -0.3 is 26.2 Å². The highest BCUT2D eigenvalue weighted by Gasteiger charge is 2.74. The van der Waals surface area contributed by atoms with Gasteiger partial charge in [-0.1, -0.05) is 52.2 Å². The zero-order valence-electron chi connectivity index (χ0n) is 24.8. The van der Waals surface area contributed by atoms with Crippen molar-refractivity contribution in [3.63, 3.8) is 0 Å². The molecule has 5 atom stereocenters. The molecule has 0 spiro atoms. The molecule has 234 valence electrons. The number of ketones is 1. The van der Waals surface area contributed by atoms with Crippen molar-refractivity contribution in [2.45, 2.75) is 101 Å². The summed E-state index contributed by atoms with van der Waals surface area (Å²) in [5, 5.41) is 11.1. The number of hydrogen-bond acceptors (Lipinski definition) is 5. The summed E-state index contributed by atoms with van der Waals surface area (Å²) >= 11 is 13.0. The molecule has 0 aromatic carbocycles. The van der Waals surface area contributed by atoms with Gasteiger partial charge in [-0.05, 0) is 37.5 Å². The molecule has 0 aromatic heterocycles. The lowest BCUT2D eigenvalue weighted by atomic mass is 9.85. The number of hydrogen-bond donors (Lipinski definition) is 4. The zero-order chi connectivity index (χ0) is 31.2. The minimum absolute atomic E-state index is 0.0551. The number of halogens is 2. The molecule has 3 rings (SSSR count). The van der Waals surface area contributed by atoms with Crippen LogP contribution in [0.15, 0.2) is 25.3 Å². The van der Waals surface area contributed by atoms with Crippen molar-refractivity contribution in [2.75, 3.05) is 13.1 Å². The highest BCUT2D eigenvalue weighted by Crippen LogP contribution is 2.65. The average molecular weight is 627 g/mol. The van der Waals surface area contributed by atoms with Gasteiger partial charge in [0.15, 0.2) is 0 Å². The van der Waals surface area contributed by atoms with Gasteiger partial charge in [-0.15, -0.1) is 36.4 Å². The van der Waals surface area contributed by atoms with Crippen LogP contribution in [-0.2, 0) is 19.2 Å². The second-order valence-electron chi connectivity index (χ2n) is 12.6. The Morgan fingerprint density at radius 1 is 1.00 bits per heavy atom. The number of likely N-dealkylation sites (tertiary alicyclic amines) is 1. The number of nitrogens with zero attached hydrogens (tertiary/aromatic N) is 1. The second-order valence-corrected chi connectivity index (χ2v) is 14.1. The van der Waals surface area contributed by atoms with E-state index in [9.17, 15) is 24.0 Å². The zero-order valence-corrected chi connectivity index (χ0v) is 26.4. The topological polar surface area (TPSA) is 137 Å². The number of urea groups is 1. The predicted octanol–water partition coefficient (Wildman–Crippen LogP) is 3.38. The Labute approximate surface area is 258 Å². The van der Waals surface area contributed by atoms with Gasteiger partial charge in [-0.3, -0.25) is 19.2 Å². The van der Waals surface area contributed by atoms with Crippen LogP contribution in [0.5, 0.6) is 0 Å². The summed E-state index contributed by atoms with van der Waals surface area (Å²) in [6, 6.07) is -3.52. The van der Waals surface area contributed by atoms with Crippen molar-refractivity contribution in [1.82, 2.24) is 26.2 Å². The van der Waals surface area contributed by atoms with Crippen molar-refractivity contribution < 1.29 is 24.0 Å². The molecular formula is C30H45Cl2N5O5. The molecule has 3 aliphatic rings. The van der Waals surface area contributed by atoms with Gasteiger partial charge in [0.05, 0.1) is 6.04 Å². The maximum Gasteiger partial charge on any atom is 0.315 e. The van der Waals surface area contributed by atoms with Gasteiger partial charge in [0.1, 0.15) is 16.4 Å². The second kappa shape index (κ2) is 14.3. The maximum absolute atomic E-state index is 14.0. The summed E-state index contributed by atoms with van der Waals surface area (Å²) < 4.78 is -1.20. The smallest absolute Gasteiger partial charge is 0.315 e. The molecule has 1 aliphatic heterocycles. The van der Waals surface area contributed by atoms with E-state index in [0.717, 1.165) is 32.1 Å². The highest BCUT2D eigenvalue weighted by atomic mass is 35.5.